The molecule has 0 N–H and O–H groups in total. The number of piperazine rings is 1. The van der Waals surface area contributed by atoms with E-state index in [1.165, 1.54) is 12.1 Å². The van der Waals surface area contributed by atoms with Gasteiger partial charge in [-0.25, -0.2) is 4.39 Å². The minimum Gasteiger partial charge on any atom is -0.344 e. The van der Waals surface area contributed by atoms with Crippen molar-refractivity contribution in [1.82, 2.24) is 19.3 Å². The van der Waals surface area contributed by atoms with Crippen molar-refractivity contribution in [3.63, 3.8) is 0 Å². The van der Waals surface area contributed by atoms with Gasteiger partial charge in [-0.1, -0.05) is 30.3 Å². The van der Waals surface area contributed by atoms with Crippen LogP contribution in [0.4, 0.5) is 4.39 Å². The molecule has 2 heterocycles. The van der Waals surface area contributed by atoms with Crippen LogP contribution in [0.25, 0.3) is 10.9 Å². The van der Waals surface area contributed by atoms with Crippen LogP contribution in [-0.2, 0) is 13.0 Å². The van der Waals surface area contributed by atoms with E-state index in [0.717, 1.165) is 86.4 Å². The number of hydrogen-bond acceptors (Lipinski definition) is 3. The van der Waals surface area contributed by atoms with Crippen LogP contribution in [0.15, 0.2) is 48.5 Å². The Bertz CT molecular complexity index is 1080. The summed E-state index contributed by atoms with van der Waals surface area (Å²) in [5.41, 5.74) is 4.22. The van der Waals surface area contributed by atoms with Crippen LogP contribution in [-0.4, -0.2) is 78.5 Å². The van der Waals surface area contributed by atoms with Crippen LogP contribution in [0.2, 0.25) is 0 Å². The van der Waals surface area contributed by atoms with E-state index in [9.17, 15) is 9.18 Å². The predicted molar refractivity (Wildman–Crippen MR) is 132 cm³/mol. The highest BCUT2D eigenvalue weighted by Crippen LogP contribution is 2.28. The normalized spacial score (nSPS) is 15.0. The Hall–Kier alpha value is -2.70. The number of hydrogen-bond donors (Lipinski definition) is 0. The monoisotopic (exact) mass is 450 g/mol. The van der Waals surface area contributed by atoms with Crippen molar-refractivity contribution in [2.75, 3.05) is 53.4 Å². The lowest BCUT2D eigenvalue weighted by atomic mass is 10.1. The van der Waals surface area contributed by atoms with Gasteiger partial charge in [-0.05, 0) is 64.2 Å². The highest BCUT2D eigenvalue weighted by atomic mass is 19.1. The molecule has 1 amide bonds. The van der Waals surface area contributed by atoms with E-state index in [0.29, 0.717) is 0 Å². The molecule has 1 saturated heterocycles. The third kappa shape index (κ3) is 5.45. The summed E-state index contributed by atoms with van der Waals surface area (Å²) in [4.78, 5) is 20.2. The van der Waals surface area contributed by atoms with Gasteiger partial charge < -0.3 is 14.4 Å². The van der Waals surface area contributed by atoms with Gasteiger partial charge >= 0.3 is 0 Å². The summed E-state index contributed by atoms with van der Waals surface area (Å²) in [5.74, 6) is -0.0477. The summed E-state index contributed by atoms with van der Waals surface area (Å²) in [6.07, 6.45) is 1.95. The van der Waals surface area contributed by atoms with Gasteiger partial charge in [-0.3, -0.25) is 9.69 Å². The molecule has 176 valence electrons. The number of amides is 1. The van der Waals surface area contributed by atoms with Gasteiger partial charge in [-0.2, -0.15) is 0 Å². The smallest absolute Gasteiger partial charge is 0.256 e. The largest absolute Gasteiger partial charge is 0.344 e. The van der Waals surface area contributed by atoms with E-state index in [1.54, 1.807) is 0 Å². The second kappa shape index (κ2) is 10.5. The molecule has 6 heteroatoms. The van der Waals surface area contributed by atoms with Gasteiger partial charge in [0.05, 0.1) is 5.56 Å². The average molecular weight is 451 g/mol. The fourth-order valence-corrected chi connectivity index (χ4v) is 4.81. The lowest BCUT2D eigenvalue weighted by Crippen LogP contribution is -2.49. The maximum absolute atomic E-state index is 13.6. The first kappa shape index (κ1) is 23.5. The molecule has 5 nitrogen and oxygen atoms in total. The van der Waals surface area contributed by atoms with Crippen molar-refractivity contribution >= 4 is 16.8 Å². The van der Waals surface area contributed by atoms with E-state index in [-0.39, 0.29) is 11.7 Å². The number of benzene rings is 2. The second-order valence-corrected chi connectivity index (χ2v) is 9.30. The van der Waals surface area contributed by atoms with Crippen LogP contribution in [0.3, 0.4) is 0 Å². The van der Waals surface area contributed by atoms with Crippen LogP contribution in [0.1, 0.15) is 28.0 Å². The summed E-state index contributed by atoms with van der Waals surface area (Å²) in [6.45, 7) is 8.16. The molecular weight excluding hydrogens is 415 g/mol. The van der Waals surface area contributed by atoms with Gasteiger partial charge in [0.2, 0.25) is 0 Å². The van der Waals surface area contributed by atoms with Crippen molar-refractivity contribution in [2.45, 2.75) is 26.3 Å². The molecule has 1 aliphatic rings. The van der Waals surface area contributed by atoms with E-state index in [2.05, 4.69) is 53.6 Å². The molecule has 1 aliphatic heterocycles. The molecule has 0 radical (unpaired) electrons. The number of nitrogens with zero attached hydrogens (tertiary/aromatic N) is 4. The number of halogens is 1. The topological polar surface area (TPSA) is 31.7 Å². The van der Waals surface area contributed by atoms with Crippen molar-refractivity contribution in [2.24, 2.45) is 0 Å². The van der Waals surface area contributed by atoms with Crippen LogP contribution < -0.4 is 0 Å². The zero-order chi connectivity index (χ0) is 23.4. The minimum absolute atomic E-state index is 0.147. The first-order valence-corrected chi connectivity index (χ1v) is 11.9. The van der Waals surface area contributed by atoms with Crippen LogP contribution >= 0.6 is 0 Å². The molecule has 2 aromatic carbocycles. The fourth-order valence-electron chi connectivity index (χ4n) is 4.81. The number of fused-ring (bicyclic) bond motifs is 1. The minimum atomic E-state index is -0.194. The molecule has 0 aliphatic carbocycles. The Morgan fingerprint density at radius 3 is 2.36 bits per heavy atom. The summed E-state index contributed by atoms with van der Waals surface area (Å²) in [7, 11) is 4.18. The second-order valence-electron chi connectivity index (χ2n) is 9.30. The number of para-hydroxylation sites is 1. The fraction of sp³-hybridized carbons (Fsp3) is 0.444. The Kier molecular flexibility index (Phi) is 7.46. The molecule has 0 atom stereocenters. The summed E-state index contributed by atoms with van der Waals surface area (Å²) < 4.78 is 15.4. The highest BCUT2D eigenvalue weighted by molar-refractivity contribution is 6.08. The Morgan fingerprint density at radius 1 is 0.970 bits per heavy atom. The van der Waals surface area contributed by atoms with Crippen molar-refractivity contribution in [3.8, 4) is 0 Å². The number of aryl methyl sites for hydroxylation is 1. The molecule has 1 fully saturated rings. The molecular formula is C27H35FN4O. The van der Waals surface area contributed by atoms with Gasteiger partial charge in [-0.15, -0.1) is 0 Å². The molecule has 33 heavy (non-hydrogen) atoms. The molecule has 0 saturated carbocycles. The summed E-state index contributed by atoms with van der Waals surface area (Å²) in [6, 6.07) is 15.0. The van der Waals surface area contributed by atoms with Gasteiger partial charge in [0, 0.05) is 55.9 Å². The van der Waals surface area contributed by atoms with E-state index >= 15 is 0 Å². The lowest BCUT2D eigenvalue weighted by molar-refractivity contribution is 0.0639. The Labute approximate surface area is 196 Å². The molecule has 4 rings (SSSR count). The van der Waals surface area contributed by atoms with Crippen LogP contribution in [0.5, 0.6) is 0 Å². The zero-order valence-corrected chi connectivity index (χ0v) is 20.1. The van der Waals surface area contributed by atoms with E-state index < -0.39 is 0 Å². The quantitative estimate of drug-likeness (QED) is 0.519. The first-order valence-electron chi connectivity index (χ1n) is 11.9. The summed E-state index contributed by atoms with van der Waals surface area (Å²) >= 11 is 0. The Balaban J connectivity index is 1.41. The Morgan fingerprint density at radius 2 is 1.67 bits per heavy atom. The molecule has 1 aromatic heterocycles. The predicted octanol–water partition coefficient (Wildman–Crippen LogP) is 4.04. The first-order chi connectivity index (χ1) is 15.9. The molecule has 0 spiro atoms. The maximum atomic E-state index is 13.6. The zero-order valence-electron chi connectivity index (χ0n) is 20.1. The van der Waals surface area contributed by atoms with Crippen molar-refractivity contribution in [1.29, 1.82) is 0 Å². The van der Waals surface area contributed by atoms with Crippen LogP contribution in [0, 0.1) is 12.7 Å². The van der Waals surface area contributed by atoms with Crippen molar-refractivity contribution in [3.05, 3.63) is 71.2 Å². The SMILES string of the molecule is Cc1c(C(=O)N2CCN(CCc3ccc(F)cc3)CC2)c2ccccc2n1CCCN(C)C. The van der Waals surface area contributed by atoms with Gasteiger partial charge in [0.15, 0.2) is 0 Å². The van der Waals surface area contributed by atoms with Crippen molar-refractivity contribution < 1.29 is 9.18 Å². The third-order valence-corrected chi connectivity index (χ3v) is 6.72. The van der Waals surface area contributed by atoms with E-state index in [4.69, 9.17) is 0 Å². The number of aromatic nitrogens is 1. The number of rotatable bonds is 8. The standard InChI is InChI=1S/C27H35FN4O/c1-21-26(24-7-4-5-8-25(24)32(21)15-6-14-29(2)3)27(33)31-19-17-30(18-20-31)16-13-22-9-11-23(28)12-10-22/h4-5,7-12H,6,13-20H2,1-3H3. The highest BCUT2D eigenvalue weighted by Gasteiger charge is 2.27. The maximum Gasteiger partial charge on any atom is 0.256 e. The van der Waals surface area contributed by atoms with Gasteiger partial charge in [0.1, 0.15) is 5.82 Å². The summed E-state index contributed by atoms with van der Waals surface area (Å²) in [5, 5.41) is 1.06. The average Bonchev–Trinajstić information content (AvgIpc) is 3.10. The number of carbonyl (C=O) groups excluding carboxylic acids is 1. The molecule has 0 unspecified atom stereocenters. The van der Waals surface area contributed by atoms with E-state index in [1.807, 2.05) is 23.1 Å². The molecule has 0 bridgehead atoms. The molecule has 3 aromatic rings. The lowest BCUT2D eigenvalue weighted by Gasteiger charge is -2.35. The van der Waals surface area contributed by atoms with Gasteiger partial charge in [0.25, 0.3) is 5.91 Å². The third-order valence-electron chi connectivity index (χ3n) is 6.72. The number of carbonyl (C=O) groups is 1.